The summed E-state index contributed by atoms with van der Waals surface area (Å²) in [7, 11) is 1.36. The first-order valence-corrected chi connectivity index (χ1v) is 15.8. The van der Waals surface area contributed by atoms with Crippen LogP contribution in [0.5, 0.6) is 11.5 Å². The SMILES string of the molecule is COc1cc(C=O)cc(I)c1OC1C=C(C(=O)NCCO)CC(N(Cc2ccc(Cl)c(Cl)c2)C(=O)c2ccc(C(F)(F)F)cc2)C1O. The number of carbonyl (C=O) groups excluding carboxylic acids is 3. The lowest BCUT2D eigenvalue weighted by molar-refractivity contribution is -0.137. The van der Waals surface area contributed by atoms with Crippen molar-refractivity contribution in [2.45, 2.75) is 37.4 Å². The minimum absolute atomic E-state index is 0.0781. The van der Waals surface area contributed by atoms with Crippen LogP contribution in [0.1, 0.15) is 38.3 Å². The summed E-state index contributed by atoms with van der Waals surface area (Å²) in [6.45, 7) is -0.615. The number of aldehydes is 1. The number of aliphatic hydroxyl groups excluding tert-OH is 2. The Morgan fingerprint density at radius 3 is 2.40 bits per heavy atom. The fraction of sp³-hybridized carbons (Fsp3) is 0.281. The first kappa shape index (κ1) is 36.5. The van der Waals surface area contributed by atoms with Gasteiger partial charge in [0.1, 0.15) is 18.5 Å². The van der Waals surface area contributed by atoms with E-state index in [1.807, 2.05) is 22.6 Å². The van der Waals surface area contributed by atoms with E-state index in [-0.39, 0.29) is 58.8 Å². The second kappa shape index (κ2) is 15.7. The molecule has 3 atom stereocenters. The topological polar surface area (TPSA) is 125 Å². The molecule has 9 nitrogen and oxygen atoms in total. The zero-order valence-electron chi connectivity index (χ0n) is 24.6. The van der Waals surface area contributed by atoms with Gasteiger partial charge in [-0.05, 0) is 82.8 Å². The number of benzene rings is 3. The Balaban J connectivity index is 1.80. The van der Waals surface area contributed by atoms with Crippen LogP contribution in [0.4, 0.5) is 13.2 Å². The average Bonchev–Trinajstić information content (AvgIpc) is 3.05. The molecule has 1 aliphatic carbocycles. The van der Waals surface area contributed by atoms with Crippen molar-refractivity contribution in [3.63, 3.8) is 0 Å². The highest BCUT2D eigenvalue weighted by Gasteiger charge is 2.41. The number of methoxy groups -OCH3 is 1. The molecule has 1 aliphatic rings. The lowest BCUT2D eigenvalue weighted by Crippen LogP contribution is -2.54. The van der Waals surface area contributed by atoms with Crippen molar-refractivity contribution in [2.75, 3.05) is 20.3 Å². The van der Waals surface area contributed by atoms with Crippen LogP contribution in [-0.4, -0.2) is 71.7 Å². The van der Waals surface area contributed by atoms with Gasteiger partial charge in [0, 0.05) is 36.2 Å². The van der Waals surface area contributed by atoms with Gasteiger partial charge in [-0.25, -0.2) is 0 Å². The summed E-state index contributed by atoms with van der Waals surface area (Å²) in [5, 5.41) is 24.0. The summed E-state index contributed by atoms with van der Waals surface area (Å²) >= 11 is 14.2. The Bertz CT molecular complexity index is 1670. The minimum Gasteiger partial charge on any atom is -0.493 e. The highest BCUT2D eigenvalue weighted by atomic mass is 127. The molecule has 0 spiro atoms. The molecule has 3 aromatic rings. The largest absolute Gasteiger partial charge is 0.493 e. The van der Waals surface area contributed by atoms with Crippen molar-refractivity contribution in [1.29, 1.82) is 0 Å². The molecule has 0 radical (unpaired) electrons. The van der Waals surface area contributed by atoms with E-state index in [0.29, 0.717) is 21.0 Å². The van der Waals surface area contributed by atoms with E-state index >= 15 is 0 Å². The maximum atomic E-state index is 14.1. The van der Waals surface area contributed by atoms with Gasteiger partial charge < -0.3 is 29.9 Å². The lowest BCUT2D eigenvalue weighted by atomic mass is 9.87. The standard InChI is InChI=1S/C32H28Cl2F3IN2O7/c1-46-27-12-18(16-42)11-24(38)29(27)47-26-14-20(30(44)39-8-9-41)13-25(28(26)43)40(15-17-2-7-22(33)23(34)10-17)31(45)19-3-5-21(6-4-19)32(35,36)37/h2-7,10-12,14,16,25-26,28,41,43H,8-9,13,15H2,1H3,(H,39,44). The van der Waals surface area contributed by atoms with Crippen LogP contribution < -0.4 is 14.8 Å². The molecule has 3 unspecified atom stereocenters. The third-order valence-electron chi connectivity index (χ3n) is 7.31. The van der Waals surface area contributed by atoms with Gasteiger partial charge in [0.25, 0.3) is 5.91 Å². The van der Waals surface area contributed by atoms with Crippen molar-refractivity contribution in [3.8, 4) is 11.5 Å². The molecule has 2 amide bonds. The molecule has 0 aliphatic heterocycles. The van der Waals surface area contributed by atoms with Crippen LogP contribution in [0.3, 0.4) is 0 Å². The number of ether oxygens (including phenoxy) is 2. The maximum Gasteiger partial charge on any atom is 0.416 e. The molecule has 0 saturated heterocycles. The van der Waals surface area contributed by atoms with E-state index in [4.69, 9.17) is 32.7 Å². The van der Waals surface area contributed by atoms with Gasteiger partial charge in [-0.1, -0.05) is 29.3 Å². The van der Waals surface area contributed by atoms with Gasteiger partial charge in [-0.3, -0.25) is 14.4 Å². The highest BCUT2D eigenvalue weighted by molar-refractivity contribution is 14.1. The van der Waals surface area contributed by atoms with Crippen molar-refractivity contribution < 1.29 is 47.2 Å². The second-order valence-corrected chi connectivity index (χ2v) is 12.4. The molecule has 0 heterocycles. The minimum atomic E-state index is -4.63. The summed E-state index contributed by atoms with van der Waals surface area (Å²) < 4.78 is 51.9. The number of amides is 2. The highest BCUT2D eigenvalue weighted by Crippen LogP contribution is 2.38. The summed E-state index contributed by atoms with van der Waals surface area (Å²) in [6, 6.07) is 10.0. The van der Waals surface area contributed by atoms with Crippen LogP contribution in [0.2, 0.25) is 10.0 Å². The van der Waals surface area contributed by atoms with E-state index in [1.165, 1.54) is 42.4 Å². The predicted molar refractivity (Wildman–Crippen MR) is 176 cm³/mol. The molecular formula is C32H28Cl2F3IN2O7. The lowest BCUT2D eigenvalue weighted by Gasteiger charge is -2.40. The Morgan fingerprint density at radius 1 is 1.11 bits per heavy atom. The molecule has 47 heavy (non-hydrogen) atoms. The molecule has 0 bridgehead atoms. The Kier molecular flexibility index (Phi) is 12.2. The quantitative estimate of drug-likeness (QED) is 0.168. The normalized spacial score (nSPS) is 17.8. The van der Waals surface area contributed by atoms with Gasteiger partial charge >= 0.3 is 6.18 Å². The van der Waals surface area contributed by atoms with Gasteiger partial charge in [-0.15, -0.1) is 0 Å². The molecule has 0 aromatic heterocycles. The van der Waals surface area contributed by atoms with Crippen LogP contribution in [0.25, 0.3) is 0 Å². The zero-order chi connectivity index (χ0) is 34.5. The van der Waals surface area contributed by atoms with E-state index in [9.17, 15) is 37.8 Å². The Morgan fingerprint density at radius 2 is 1.81 bits per heavy atom. The van der Waals surface area contributed by atoms with Gasteiger partial charge in [0.2, 0.25) is 5.91 Å². The van der Waals surface area contributed by atoms with Crippen LogP contribution in [0.15, 0.2) is 66.2 Å². The number of nitrogens with one attached hydrogen (secondary N) is 1. The fourth-order valence-corrected chi connectivity index (χ4v) is 6.05. The number of carbonyl (C=O) groups is 3. The summed E-state index contributed by atoms with van der Waals surface area (Å²) in [6.07, 6.45) is -5.56. The number of alkyl halides is 3. The summed E-state index contributed by atoms with van der Waals surface area (Å²) in [4.78, 5) is 39.9. The molecule has 0 saturated carbocycles. The summed E-state index contributed by atoms with van der Waals surface area (Å²) in [5.41, 5.74) is -0.173. The molecule has 4 rings (SSSR count). The third kappa shape index (κ3) is 8.76. The first-order valence-electron chi connectivity index (χ1n) is 14.0. The number of rotatable bonds is 11. The van der Waals surface area contributed by atoms with E-state index < -0.39 is 41.8 Å². The smallest absolute Gasteiger partial charge is 0.416 e. The molecule has 0 fully saturated rings. The number of aliphatic hydroxyl groups is 2. The second-order valence-electron chi connectivity index (χ2n) is 10.4. The van der Waals surface area contributed by atoms with Crippen molar-refractivity contribution >= 4 is 63.9 Å². The zero-order valence-corrected chi connectivity index (χ0v) is 28.2. The van der Waals surface area contributed by atoms with E-state index in [1.54, 1.807) is 6.07 Å². The monoisotopic (exact) mass is 806 g/mol. The number of hydrogen-bond donors (Lipinski definition) is 3. The maximum absolute atomic E-state index is 14.1. The molecule has 250 valence electrons. The molecule has 15 heteroatoms. The Hall–Kier alpha value is -3.37. The molecule has 3 aromatic carbocycles. The first-order chi connectivity index (χ1) is 22.3. The third-order valence-corrected chi connectivity index (χ3v) is 8.85. The number of hydrogen-bond acceptors (Lipinski definition) is 7. The van der Waals surface area contributed by atoms with Crippen molar-refractivity contribution in [3.05, 3.63) is 102 Å². The van der Waals surface area contributed by atoms with E-state index in [0.717, 1.165) is 24.3 Å². The van der Waals surface area contributed by atoms with Gasteiger partial charge in [-0.2, -0.15) is 13.2 Å². The van der Waals surface area contributed by atoms with Gasteiger partial charge in [0.15, 0.2) is 11.5 Å². The average molecular weight is 807 g/mol. The Labute approximate surface area is 291 Å². The summed E-state index contributed by atoms with van der Waals surface area (Å²) in [5.74, 6) is -1.02. The van der Waals surface area contributed by atoms with Crippen LogP contribution >= 0.6 is 45.8 Å². The molecular weight excluding hydrogens is 779 g/mol. The van der Waals surface area contributed by atoms with Crippen molar-refractivity contribution in [2.24, 2.45) is 0 Å². The number of halogens is 6. The van der Waals surface area contributed by atoms with Gasteiger partial charge in [0.05, 0.1) is 38.9 Å². The van der Waals surface area contributed by atoms with Crippen molar-refractivity contribution in [1.82, 2.24) is 10.2 Å². The van der Waals surface area contributed by atoms with E-state index in [2.05, 4.69) is 5.32 Å². The van der Waals surface area contributed by atoms with Crippen LogP contribution in [-0.2, 0) is 17.5 Å². The van der Waals surface area contributed by atoms with Crippen LogP contribution in [0, 0.1) is 3.57 Å². The number of nitrogens with zero attached hydrogens (tertiary/aromatic N) is 1. The fourth-order valence-electron chi connectivity index (χ4n) is 4.98. The predicted octanol–water partition coefficient (Wildman–Crippen LogP) is 5.70. The molecule has 3 N–H and O–H groups in total.